The van der Waals surface area contributed by atoms with Crippen molar-refractivity contribution in [3.05, 3.63) is 52.9 Å². The first-order valence-electron chi connectivity index (χ1n) is 10.8. The number of hydrogen-bond donors (Lipinski definition) is 3. The minimum Gasteiger partial charge on any atom is -0.493 e. The largest absolute Gasteiger partial charge is 0.493 e. The number of rotatable bonds is 5. The van der Waals surface area contributed by atoms with Crippen molar-refractivity contribution in [1.82, 2.24) is 25.3 Å². The highest BCUT2D eigenvalue weighted by Gasteiger charge is 2.51. The number of amides is 1. The number of aromatic nitrogens is 4. The zero-order valence-corrected chi connectivity index (χ0v) is 19.3. The molecule has 1 aliphatic heterocycles. The lowest BCUT2D eigenvalue weighted by molar-refractivity contribution is 0.0938. The van der Waals surface area contributed by atoms with Crippen LogP contribution in [0, 0.1) is 0 Å². The fourth-order valence-electron chi connectivity index (χ4n) is 4.63. The zero-order valence-electron chi connectivity index (χ0n) is 18.5. The summed E-state index contributed by atoms with van der Waals surface area (Å²) in [5, 5.41) is 6.96. The molecule has 1 aliphatic carbocycles. The van der Waals surface area contributed by atoms with Crippen LogP contribution in [0.5, 0.6) is 11.8 Å². The Morgan fingerprint density at radius 1 is 1.15 bits per heavy atom. The number of nitrogens with zero attached hydrogens (tertiary/aromatic N) is 3. The van der Waals surface area contributed by atoms with E-state index in [0.717, 1.165) is 29.8 Å². The van der Waals surface area contributed by atoms with E-state index in [1.54, 1.807) is 25.6 Å². The van der Waals surface area contributed by atoms with Gasteiger partial charge in [0.2, 0.25) is 0 Å². The Labute approximate surface area is 199 Å². The van der Waals surface area contributed by atoms with Crippen LogP contribution < -0.4 is 20.1 Å². The van der Waals surface area contributed by atoms with Crippen molar-refractivity contribution in [1.29, 1.82) is 0 Å². The Morgan fingerprint density at radius 3 is 2.76 bits per heavy atom. The van der Waals surface area contributed by atoms with Crippen molar-refractivity contribution in [2.45, 2.75) is 18.3 Å². The third-order valence-corrected chi connectivity index (χ3v) is 6.84. The Balaban J connectivity index is 1.62. The highest BCUT2D eigenvalue weighted by atomic mass is 35.5. The minimum atomic E-state index is -0.135. The summed E-state index contributed by atoms with van der Waals surface area (Å²) < 4.78 is 10.8. The highest BCUT2D eigenvalue weighted by Crippen LogP contribution is 2.54. The van der Waals surface area contributed by atoms with Crippen molar-refractivity contribution in [2.24, 2.45) is 0 Å². The molecule has 3 N–H and O–H groups in total. The van der Waals surface area contributed by atoms with Gasteiger partial charge in [0, 0.05) is 29.4 Å². The molecule has 1 fully saturated rings. The number of methoxy groups -OCH3 is 2. The molecule has 0 unspecified atom stereocenters. The maximum absolute atomic E-state index is 13.2. The molecule has 34 heavy (non-hydrogen) atoms. The number of hydrogen-bond acceptors (Lipinski definition) is 7. The molecule has 1 spiro atoms. The number of nitrogens with one attached hydrogen (secondary N) is 3. The Bertz CT molecular complexity index is 1460. The molecule has 172 valence electrons. The average molecular weight is 477 g/mol. The van der Waals surface area contributed by atoms with Crippen LogP contribution in [-0.2, 0) is 5.41 Å². The predicted octanol–water partition coefficient (Wildman–Crippen LogP) is 4.21. The number of carbonyl (C=O) groups is 1. The fraction of sp³-hybridized carbons (Fsp3) is 0.250. The van der Waals surface area contributed by atoms with Crippen molar-refractivity contribution in [3.63, 3.8) is 0 Å². The van der Waals surface area contributed by atoms with E-state index < -0.39 is 0 Å². The topological polar surface area (TPSA) is 114 Å². The summed E-state index contributed by atoms with van der Waals surface area (Å²) in [7, 11) is 3.08. The summed E-state index contributed by atoms with van der Waals surface area (Å²) in [6.45, 7) is 0.617. The Morgan fingerprint density at radius 2 is 2.00 bits per heavy atom. The minimum absolute atomic E-state index is 0.0775. The van der Waals surface area contributed by atoms with Gasteiger partial charge in [-0.25, -0.2) is 4.98 Å². The number of fused-ring (bicyclic) bond motifs is 3. The Kier molecular flexibility index (Phi) is 4.63. The number of anilines is 2. The lowest BCUT2D eigenvalue weighted by atomic mass is 9.93. The number of benzene rings is 1. The van der Waals surface area contributed by atoms with Crippen LogP contribution in [0.15, 0.2) is 36.7 Å². The van der Waals surface area contributed by atoms with Crippen LogP contribution in [0.2, 0.25) is 5.02 Å². The fourth-order valence-corrected chi connectivity index (χ4v) is 4.88. The van der Waals surface area contributed by atoms with Gasteiger partial charge < -0.3 is 25.1 Å². The van der Waals surface area contributed by atoms with Gasteiger partial charge in [-0.15, -0.1) is 0 Å². The first-order valence-corrected chi connectivity index (χ1v) is 11.2. The molecule has 1 aromatic carbocycles. The molecule has 0 bridgehead atoms. The first kappa shape index (κ1) is 20.7. The van der Waals surface area contributed by atoms with Crippen molar-refractivity contribution < 1.29 is 14.3 Å². The normalized spacial score (nSPS) is 15.7. The molecular weight excluding hydrogens is 456 g/mol. The summed E-state index contributed by atoms with van der Waals surface area (Å²) in [6, 6.07) is 7.54. The summed E-state index contributed by atoms with van der Waals surface area (Å²) in [5.74, 6) is 0.357. The second-order valence-electron chi connectivity index (χ2n) is 8.48. The monoisotopic (exact) mass is 476 g/mol. The predicted molar refractivity (Wildman–Crippen MR) is 128 cm³/mol. The molecule has 4 heterocycles. The van der Waals surface area contributed by atoms with E-state index in [1.165, 1.54) is 7.11 Å². The van der Waals surface area contributed by atoms with Gasteiger partial charge in [0.1, 0.15) is 11.0 Å². The molecule has 0 atom stereocenters. The zero-order chi connectivity index (χ0) is 23.4. The first-order chi connectivity index (χ1) is 16.5. The summed E-state index contributed by atoms with van der Waals surface area (Å²) >= 11 is 6.37. The van der Waals surface area contributed by atoms with Crippen LogP contribution in [-0.4, -0.2) is 46.6 Å². The van der Waals surface area contributed by atoms with Crippen molar-refractivity contribution >= 4 is 39.9 Å². The molecule has 4 aromatic rings. The van der Waals surface area contributed by atoms with E-state index in [-0.39, 0.29) is 17.3 Å². The third-order valence-electron chi connectivity index (χ3n) is 6.54. The number of carbonyl (C=O) groups excluding carboxylic acids is 1. The van der Waals surface area contributed by atoms with Gasteiger partial charge in [0.05, 0.1) is 48.1 Å². The van der Waals surface area contributed by atoms with E-state index in [2.05, 4.69) is 30.6 Å². The van der Waals surface area contributed by atoms with Gasteiger partial charge in [-0.3, -0.25) is 9.78 Å². The third kappa shape index (κ3) is 3.07. The second kappa shape index (κ2) is 7.59. The number of aromatic amines is 1. The van der Waals surface area contributed by atoms with Crippen molar-refractivity contribution in [3.8, 4) is 23.0 Å². The summed E-state index contributed by atoms with van der Waals surface area (Å²) in [5.41, 5.74) is 5.44. The lowest BCUT2D eigenvalue weighted by Crippen LogP contribution is -2.39. The maximum Gasteiger partial charge on any atom is 0.316 e. The molecule has 6 rings (SSSR count). The summed E-state index contributed by atoms with van der Waals surface area (Å²) in [6.07, 6.45) is 5.33. The number of H-pyrrole nitrogens is 1. The quantitative estimate of drug-likeness (QED) is 0.395. The maximum atomic E-state index is 13.2. The van der Waals surface area contributed by atoms with E-state index in [4.69, 9.17) is 21.1 Å². The van der Waals surface area contributed by atoms with Gasteiger partial charge in [-0.1, -0.05) is 17.7 Å². The smallest absolute Gasteiger partial charge is 0.316 e. The molecule has 2 aliphatic rings. The number of pyridine rings is 1. The standard InChI is InChI=1S/C24H21ClN6O3/c1-33-20-13(25)4-3-5-14(20)29-19-16-21(24(7-8-24)11-28-22(16)32)30-18(19)12-6-9-26-15-10-27-23(34-2)31-17(12)15/h3-6,9-10,29-30H,7-8,11H2,1-2H3,(H,28,32). The molecule has 0 radical (unpaired) electrons. The number of para-hydroxylation sites is 1. The SMILES string of the molecule is COc1ncc2nccc(-c3[nH]c4c(c3Nc3cccc(Cl)c3OC)C(=O)NCC43CC3)c2n1. The van der Waals surface area contributed by atoms with Gasteiger partial charge in [-0.05, 0) is 31.0 Å². The van der Waals surface area contributed by atoms with Crippen LogP contribution in [0.3, 0.4) is 0 Å². The molecule has 3 aromatic heterocycles. The molecule has 0 saturated heterocycles. The average Bonchev–Trinajstić information content (AvgIpc) is 3.54. The molecule has 9 nitrogen and oxygen atoms in total. The molecule has 1 saturated carbocycles. The van der Waals surface area contributed by atoms with Crippen LogP contribution in [0.25, 0.3) is 22.3 Å². The summed E-state index contributed by atoms with van der Waals surface area (Å²) in [4.78, 5) is 29.9. The number of ether oxygens (including phenoxy) is 2. The van der Waals surface area contributed by atoms with Gasteiger partial charge in [0.25, 0.3) is 5.91 Å². The van der Waals surface area contributed by atoms with Crippen LogP contribution in [0.1, 0.15) is 28.9 Å². The number of halogens is 1. The van der Waals surface area contributed by atoms with Crippen LogP contribution in [0.4, 0.5) is 11.4 Å². The van der Waals surface area contributed by atoms with Gasteiger partial charge >= 0.3 is 6.01 Å². The second-order valence-corrected chi connectivity index (χ2v) is 8.89. The van der Waals surface area contributed by atoms with Gasteiger partial charge in [-0.2, -0.15) is 4.98 Å². The molecule has 10 heteroatoms. The van der Waals surface area contributed by atoms with E-state index in [0.29, 0.717) is 45.3 Å². The van der Waals surface area contributed by atoms with Crippen molar-refractivity contribution in [2.75, 3.05) is 26.1 Å². The highest BCUT2D eigenvalue weighted by molar-refractivity contribution is 6.32. The van der Waals surface area contributed by atoms with Crippen LogP contribution >= 0.6 is 11.6 Å². The molecule has 1 amide bonds. The Hall–Kier alpha value is -3.85. The van der Waals surface area contributed by atoms with Gasteiger partial charge in [0.15, 0.2) is 5.75 Å². The lowest BCUT2D eigenvalue weighted by Gasteiger charge is -2.23. The van der Waals surface area contributed by atoms with E-state index in [9.17, 15) is 4.79 Å². The van der Waals surface area contributed by atoms with E-state index in [1.807, 2.05) is 18.2 Å². The van der Waals surface area contributed by atoms with E-state index >= 15 is 0 Å². The molecular formula is C24H21ClN6O3.